The molecule has 2 rings (SSSR count). The van der Waals surface area contributed by atoms with E-state index in [4.69, 9.17) is 0 Å². The Kier molecular flexibility index (Phi) is 3.61. The van der Waals surface area contributed by atoms with E-state index in [0.717, 1.165) is 6.54 Å². The normalized spacial score (nSPS) is 19.2. The summed E-state index contributed by atoms with van der Waals surface area (Å²) < 4.78 is 2.11. The smallest absolute Gasteiger partial charge is 0.0949 e. The average Bonchev–Trinajstić information content (AvgIpc) is 2.89. The number of aryl methyl sites for hydroxylation is 1. The van der Waals surface area contributed by atoms with Gasteiger partial charge in [-0.05, 0) is 39.9 Å². The van der Waals surface area contributed by atoms with Gasteiger partial charge in [0.1, 0.15) is 0 Å². The molecule has 90 valence electrons. The molecule has 1 fully saturated rings. The first-order chi connectivity index (χ1) is 7.74. The van der Waals surface area contributed by atoms with E-state index in [-0.39, 0.29) is 0 Å². The summed E-state index contributed by atoms with van der Waals surface area (Å²) in [6.45, 7) is 5.56. The van der Waals surface area contributed by atoms with Crippen LogP contribution in [0.3, 0.4) is 0 Å². The predicted molar refractivity (Wildman–Crippen MR) is 65.4 cm³/mol. The first-order valence-electron chi connectivity index (χ1n) is 6.10. The van der Waals surface area contributed by atoms with Gasteiger partial charge in [0, 0.05) is 19.3 Å². The van der Waals surface area contributed by atoms with E-state index in [1.807, 2.05) is 13.4 Å². The number of imidazole rings is 1. The van der Waals surface area contributed by atoms with Crippen LogP contribution >= 0.6 is 0 Å². The second-order valence-corrected chi connectivity index (χ2v) is 4.64. The molecule has 4 nitrogen and oxygen atoms in total. The first kappa shape index (κ1) is 11.6. The maximum atomic E-state index is 4.56. The second-order valence-electron chi connectivity index (χ2n) is 4.64. The molecule has 0 aromatic carbocycles. The van der Waals surface area contributed by atoms with Crippen molar-refractivity contribution in [3.8, 4) is 0 Å². The summed E-state index contributed by atoms with van der Waals surface area (Å²) >= 11 is 0. The van der Waals surface area contributed by atoms with Crippen LogP contribution in [-0.2, 0) is 7.05 Å². The lowest BCUT2D eigenvalue weighted by Crippen LogP contribution is -2.33. The average molecular weight is 222 g/mol. The molecule has 1 aliphatic heterocycles. The van der Waals surface area contributed by atoms with Gasteiger partial charge in [0.2, 0.25) is 0 Å². The SMILES string of the molecule is CNCC(c1ncn(C)c1C)N1CCCC1. The quantitative estimate of drug-likeness (QED) is 0.827. The number of likely N-dealkylation sites (tertiary alicyclic amines) is 1. The summed E-state index contributed by atoms with van der Waals surface area (Å²) in [6.07, 6.45) is 4.57. The molecule has 1 N–H and O–H groups in total. The maximum absolute atomic E-state index is 4.56. The molecule has 0 aliphatic carbocycles. The summed E-state index contributed by atoms with van der Waals surface area (Å²) in [5.41, 5.74) is 2.52. The summed E-state index contributed by atoms with van der Waals surface area (Å²) in [5.74, 6) is 0. The standard InChI is InChI=1S/C12H22N4/c1-10-12(14-9-15(10)3)11(8-13-2)16-6-4-5-7-16/h9,11,13H,4-8H2,1-3H3. The van der Waals surface area contributed by atoms with Crippen LogP contribution in [0.25, 0.3) is 0 Å². The van der Waals surface area contributed by atoms with Gasteiger partial charge in [0.25, 0.3) is 0 Å². The fourth-order valence-electron chi connectivity index (χ4n) is 2.48. The molecule has 1 saturated heterocycles. The molecule has 1 aromatic rings. The highest BCUT2D eigenvalue weighted by Crippen LogP contribution is 2.25. The van der Waals surface area contributed by atoms with E-state index in [1.165, 1.54) is 37.3 Å². The van der Waals surface area contributed by atoms with Gasteiger partial charge in [-0.1, -0.05) is 0 Å². The number of hydrogen-bond acceptors (Lipinski definition) is 3. The van der Waals surface area contributed by atoms with Gasteiger partial charge in [0.15, 0.2) is 0 Å². The van der Waals surface area contributed by atoms with Crippen molar-refractivity contribution in [2.24, 2.45) is 7.05 Å². The van der Waals surface area contributed by atoms with E-state index in [9.17, 15) is 0 Å². The van der Waals surface area contributed by atoms with Crippen molar-refractivity contribution < 1.29 is 0 Å². The van der Waals surface area contributed by atoms with E-state index in [2.05, 4.69) is 33.7 Å². The Bertz CT molecular complexity index is 339. The molecule has 2 heterocycles. The largest absolute Gasteiger partial charge is 0.338 e. The lowest BCUT2D eigenvalue weighted by atomic mass is 10.1. The molecule has 0 amide bonds. The van der Waals surface area contributed by atoms with Gasteiger partial charge in [-0.15, -0.1) is 0 Å². The number of nitrogens with one attached hydrogen (secondary N) is 1. The van der Waals surface area contributed by atoms with Crippen LogP contribution in [0, 0.1) is 6.92 Å². The molecule has 0 saturated carbocycles. The molecular weight excluding hydrogens is 200 g/mol. The van der Waals surface area contributed by atoms with Crippen LogP contribution in [0.15, 0.2) is 6.33 Å². The monoisotopic (exact) mass is 222 g/mol. The van der Waals surface area contributed by atoms with E-state index in [0.29, 0.717) is 6.04 Å². The van der Waals surface area contributed by atoms with Crippen molar-refractivity contribution in [2.45, 2.75) is 25.8 Å². The second kappa shape index (κ2) is 4.97. The van der Waals surface area contributed by atoms with Crippen molar-refractivity contribution in [3.05, 3.63) is 17.7 Å². The van der Waals surface area contributed by atoms with Crippen LogP contribution in [-0.4, -0.2) is 41.1 Å². The number of nitrogens with zero attached hydrogens (tertiary/aromatic N) is 3. The molecule has 1 aliphatic rings. The zero-order valence-electron chi connectivity index (χ0n) is 10.5. The Hall–Kier alpha value is -0.870. The fourth-order valence-corrected chi connectivity index (χ4v) is 2.48. The Labute approximate surface area is 97.7 Å². The third-order valence-electron chi connectivity index (χ3n) is 3.56. The van der Waals surface area contributed by atoms with Crippen molar-refractivity contribution >= 4 is 0 Å². The third kappa shape index (κ3) is 2.13. The highest BCUT2D eigenvalue weighted by molar-refractivity contribution is 5.16. The highest BCUT2D eigenvalue weighted by Gasteiger charge is 2.26. The van der Waals surface area contributed by atoms with E-state index >= 15 is 0 Å². The molecule has 0 bridgehead atoms. The number of hydrogen-bond donors (Lipinski definition) is 1. The highest BCUT2D eigenvalue weighted by atomic mass is 15.2. The van der Waals surface area contributed by atoms with Gasteiger partial charge in [-0.25, -0.2) is 4.98 Å². The van der Waals surface area contributed by atoms with Gasteiger partial charge in [-0.3, -0.25) is 4.90 Å². The minimum Gasteiger partial charge on any atom is -0.338 e. The van der Waals surface area contributed by atoms with Gasteiger partial charge < -0.3 is 9.88 Å². The molecular formula is C12H22N4. The topological polar surface area (TPSA) is 33.1 Å². The molecule has 1 unspecified atom stereocenters. The zero-order valence-corrected chi connectivity index (χ0v) is 10.5. The summed E-state index contributed by atoms with van der Waals surface area (Å²) in [5, 5.41) is 3.29. The van der Waals surface area contributed by atoms with Gasteiger partial charge in [0.05, 0.1) is 18.1 Å². The third-order valence-corrected chi connectivity index (χ3v) is 3.56. The lowest BCUT2D eigenvalue weighted by molar-refractivity contribution is 0.237. The number of rotatable bonds is 4. The van der Waals surface area contributed by atoms with Crippen LogP contribution in [0.2, 0.25) is 0 Å². The molecule has 4 heteroatoms. The number of aromatic nitrogens is 2. The molecule has 0 spiro atoms. The van der Waals surface area contributed by atoms with Gasteiger partial charge in [-0.2, -0.15) is 0 Å². The van der Waals surface area contributed by atoms with Crippen LogP contribution in [0.1, 0.15) is 30.3 Å². The Morgan fingerprint density at radius 2 is 2.12 bits per heavy atom. The van der Waals surface area contributed by atoms with Crippen molar-refractivity contribution in [2.75, 3.05) is 26.7 Å². The van der Waals surface area contributed by atoms with Crippen molar-refractivity contribution in [1.82, 2.24) is 19.8 Å². The van der Waals surface area contributed by atoms with Gasteiger partial charge >= 0.3 is 0 Å². The van der Waals surface area contributed by atoms with Crippen LogP contribution in [0.5, 0.6) is 0 Å². The maximum Gasteiger partial charge on any atom is 0.0949 e. The summed E-state index contributed by atoms with van der Waals surface area (Å²) in [7, 11) is 4.08. The predicted octanol–water partition coefficient (Wildman–Crippen LogP) is 1.08. The van der Waals surface area contributed by atoms with E-state index in [1.54, 1.807) is 0 Å². The summed E-state index contributed by atoms with van der Waals surface area (Å²) in [4.78, 5) is 7.11. The molecule has 16 heavy (non-hydrogen) atoms. The Morgan fingerprint density at radius 3 is 2.62 bits per heavy atom. The zero-order chi connectivity index (χ0) is 11.5. The lowest BCUT2D eigenvalue weighted by Gasteiger charge is -2.26. The van der Waals surface area contributed by atoms with Crippen LogP contribution in [0.4, 0.5) is 0 Å². The van der Waals surface area contributed by atoms with E-state index < -0.39 is 0 Å². The molecule has 1 atom stereocenters. The van der Waals surface area contributed by atoms with Crippen LogP contribution < -0.4 is 5.32 Å². The molecule has 0 radical (unpaired) electrons. The number of likely N-dealkylation sites (N-methyl/N-ethyl adjacent to an activating group) is 1. The summed E-state index contributed by atoms with van der Waals surface area (Å²) in [6, 6.07) is 0.439. The Balaban J connectivity index is 2.20. The fraction of sp³-hybridized carbons (Fsp3) is 0.750. The van der Waals surface area contributed by atoms with Crippen molar-refractivity contribution in [1.29, 1.82) is 0 Å². The minimum atomic E-state index is 0.439. The first-order valence-corrected chi connectivity index (χ1v) is 6.10. The Morgan fingerprint density at radius 1 is 1.44 bits per heavy atom. The van der Waals surface area contributed by atoms with Crippen molar-refractivity contribution in [3.63, 3.8) is 0 Å². The minimum absolute atomic E-state index is 0.439. The molecule has 1 aromatic heterocycles.